The van der Waals surface area contributed by atoms with Gasteiger partial charge in [0.2, 0.25) is 0 Å². The van der Waals surface area contributed by atoms with Crippen LogP contribution in [0, 0.1) is 11.3 Å². The largest absolute Gasteiger partial charge is 0.468 e. The van der Waals surface area contributed by atoms with Crippen LogP contribution in [0.15, 0.2) is 22.8 Å². The first-order valence-corrected chi connectivity index (χ1v) is 7.94. The topological polar surface area (TPSA) is 28.4 Å². The molecule has 3 nitrogen and oxygen atoms in total. The molecule has 1 rings (SSSR count). The van der Waals surface area contributed by atoms with Crippen molar-refractivity contribution in [1.29, 1.82) is 0 Å². The SMILES string of the molecule is CCN(Cc1ccco1)CC(C)(CC)CNCC(C)C. The smallest absolute Gasteiger partial charge is 0.117 e. The zero-order valence-electron chi connectivity index (χ0n) is 13.9. The van der Waals surface area contributed by atoms with Crippen molar-refractivity contribution in [2.45, 2.75) is 47.6 Å². The van der Waals surface area contributed by atoms with Gasteiger partial charge in [-0.3, -0.25) is 4.90 Å². The van der Waals surface area contributed by atoms with Crippen LogP contribution in [0.2, 0.25) is 0 Å². The summed E-state index contributed by atoms with van der Waals surface area (Å²) in [6, 6.07) is 4.02. The lowest BCUT2D eigenvalue weighted by Gasteiger charge is -2.34. The van der Waals surface area contributed by atoms with Crippen LogP contribution in [-0.2, 0) is 6.54 Å². The molecule has 116 valence electrons. The van der Waals surface area contributed by atoms with Crippen molar-refractivity contribution in [2.75, 3.05) is 26.2 Å². The van der Waals surface area contributed by atoms with Crippen LogP contribution in [0.3, 0.4) is 0 Å². The summed E-state index contributed by atoms with van der Waals surface area (Å²) in [5, 5.41) is 3.61. The fourth-order valence-corrected chi connectivity index (χ4v) is 2.40. The highest BCUT2D eigenvalue weighted by atomic mass is 16.3. The summed E-state index contributed by atoms with van der Waals surface area (Å²) in [6.45, 7) is 16.6. The van der Waals surface area contributed by atoms with E-state index in [-0.39, 0.29) is 0 Å². The molecule has 0 fully saturated rings. The average Bonchev–Trinajstić information content (AvgIpc) is 2.90. The second-order valence-electron chi connectivity index (χ2n) is 6.57. The van der Waals surface area contributed by atoms with E-state index in [0.29, 0.717) is 11.3 Å². The Morgan fingerprint density at radius 3 is 2.60 bits per heavy atom. The maximum absolute atomic E-state index is 5.47. The predicted octanol–water partition coefficient (Wildman–Crippen LogP) is 3.76. The summed E-state index contributed by atoms with van der Waals surface area (Å²) in [7, 11) is 0. The second kappa shape index (κ2) is 8.48. The van der Waals surface area contributed by atoms with Gasteiger partial charge in [0.15, 0.2) is 0 Å². The predicted molar refractivity (Wildman–Crippen MR) is 85.8 cm³/mol. The monoisotopic (exact) mass is 280 g/mol. The molecule has 1 aromatic rings. The molecule has 0 amide bonds. The van der Waals surface area contributed by atoms with E-state index in [2.05, 4.69) is 50.9 Å². The molecule has 0 bridgehead atoms. The maximum atomic E-state index is 5.47. The van der Waals surface area contributed by atoms with Crippen molar-refractivity contribution in [3.05, 3.63) is 24.2 Å². The summed E-state index contributed by atoms with van der Waals surface area (Å²) < 4.78 is 5.47. The molecule has 1 unspecified atom stereocenters. The first-order chi connectivity index (χ1) is 9.49. The molecule has 0 aromatic carbocycles. The molecule has 0 aliphatic carbocycles. The molecule has 0 aliphatic rings. The van der Waals surface area contributed by atoms with Crippen molar-refractivity contribution in [3.8, 4) is 0 Å². The van der Waals surface area contributed by atoms with E-state index in [1.54, 1.807) is 6.26 Å². The van der Waals surface area contributed by atoms with Gasteiger partial charge in [-0.15, -0.1) is 0 Å². The van der Waals surface area contributed by atoms with Crippen LogP contribution >= 0.6 is 0 Å². The Kier molecular flexibility index (Phi) is 7.31. The highest BCUT2D eigenvalue weighted by Gasteiger charge is 2.25. The molecule has 20 heavy (non-hydrogen) atoms. The van der Waals surface area contributed by atoms with Crippen LogP contribution in [0.1, 0.15) is 46.8 Å². The van der Waals surface area contributed by atoms with E-state index < -0.39 is 0 Å². The minimum Gasteiger partial charge on any atom is -0.468 e. The molecular weight excluding hydrogens is 248 g/mol. The van der Waals surface area contributed by atoms with Gasteiger partial charge >= 0.3 is 0 Å². The third kappa shape index (κ3) is 6.10. The van der Waals surface area contributed by atoms with Crippen molar-refractivity contribution < 1.29 is 4.42 Å². The Morgan fingerprint density at radius 1 is 1.35 bits per heavy atom. The summed E-state index contributed by atoms with van der Waals surface area (Å²) in [4.78, 5) is 2.47. The number of hydrogen-bond donors (Lipinski definition) is 1. The fourth-order valence-electron chi connectivity index (χ4n) is 2.40. The van der Waals surface area contributed by atoms with Gasteiger partial charge in [-0.2, -0.15) is 0 Å². The van der Waals surface area contributed by atoms with Crippen molar-refractivity contribution in [1.82, 2.24) is 10.2 Å². The van der Waals surface area contributed by atoms with Crippen LogP contribution in [-0.4, -0.2) is 31.1 Å². The number of rotatable bonds is 10. The van der Waals surface area contributed by atoms with Gasteiger partial charge in [0.05, 0.1) is 12.8 Å². The van der Waals surface area contributed by atoms with Crippen LogP contribution in [0.25, 0.3) is 0 Å². The summed E-state index contributed by atoms with van der Waals surface area (Å²) in [5.74, 6) is 1.77. The van der Waals surface area contributed by atoms with Crippen molar-refractivity contribution in [2.24, 2.45) is 11.3 Å². The van der Waals surface area contributed by atoms with Crippen LogP contribution in [0.4, 0.5) is 0 Å². The Balaban J connectivity index is 2.50. The highest BCUT2D eigenvalue weighted by molar-refractivity contribution is 4.98. The first kappa shape index (κ1) is 17.3. The maximum Gasteiger partial charge on any atom is 0.117 e. The number of nitrogens with zero attached hydrogens (tertiary/aromatic N) is 1. The van der Waals surface area contributed by atoms with Crippen LogP contribution in [0.5, 0.6) is 0 Å². The van der Waals surface area contributed by atoms with Crippen molar-refractivity contribution in [3.63, 3.8) is 0 Å². The molecular formula is C17H32N2O. The van der Waals surface area contributed by atoms with E-state index in [9.17, 15) is 0 Å². The molecule has 1 N–H and O–H groups in total. The quantitative estimate of drug-likeness (QED) is 0.707. The third-order valence-corrected chi connectivity index (χ3v) is 3.97. The molecule has 1 aromatic heterocycles. The second-order valence-corrected chi connectivity index (χ2v) is 6.57. The van der Waals surface area contributed by atoms with Gasteiger partial charge in [-0.1, -0.05) is 34.6 Å². The first-order valence-electron chi connectivity index (χ1n) is 7.94. The van der Waals surface area contributed by atoms with E-state index in [1.165, 1.54) is 6.42 Å². The number of hydrogen-bond acceptors (Lipinski definition) is 3. The van der Waals surface area contributed by atoms with Crippen molar-refractivity contribution >= 4 is 0 Å². The summed E-state index contributed by atoms with van der Waals surface area (Å²) in [5.41, 5.74) is 0.317. The Bertz CT molecular complexity index is 348. The molecule has 1 atom stereocenters. The highest BCUT2D eigenvalue weighted by Crippen LogP contribution is 2.23. The summed E-state index contributed by atoms with van der Waals surface area (Å²) in [6.07, 6.45) is 2.94. The average molecular weight is 280 g/mol. The molecule has 0 saturated heterocycles. The zero-order chi connectivity index (χ0) is 15.0. The van der Waals surface area contributed by atoms with Gasteiger partial charge < -0.3 is 9.73 Å². The minimum absolute atomic E-state index is 0.317. The van der Waals surface area contributed by atoms with Gasteiger partial charge in [0.1, 0.15) is 5.76 Å². The lowest BCUT2D eigenvalue weighted by Crippen LogP contribution is -2.42. The number of furan rings is 1. The normalized spacial score (nSPS) is 14.9. The van der Waals surface area contributed by atoms with Gasteiger partial charge in [-0.25, -0.2) is 0 Å². The minimum atomic E-state index is 0.317. The Labute approximate surface area is 124 Å². The zero-order valence-corrected chi connectivity index (χ0v) is 13.9. The molecule has 0 aliphatic heterocycles. The third-order valence-electron chi connectivity index (χ3n) is 3.97. The van der Waals surface area contributed by atoms with E-state index >= 15 is 0 Å². The Hall–Kier alpha value is -0.800. The molecule has 0 saturated carbocycles. The molecule has 0 spiro atoms. The van der Waals surface area contributed by atoms with E-state index in [0.717, 1.165) is 38.5 Å². The lowest BCUT2D eigenvalue weighted by atomic mass is 9.86. The lowest BCUT2D eigenvalue weighted by molar-refractivity contribution is 0.146. The van der Waals surface area contributed by atoms with Gasteiger partial charge in [0, 0.05) is 13.1 Å². The standard InChI is InChI=1S/C17H32N2O/c1-6-17(5,13-18-11-15(3)4)14-19(7-2)12-16-9-8-10-20-16/h8-10,15,18H,6-7,11-14H2,1-5H3. The fraction of sp³-hybridized carbons (Fsp3) is 0.765. The van der Waals surface area contributed by atoms with Gasteiger partial charge in [0.25, 0.3) is 0 Å². The molecule has 3 heteroatoms. The molecule has 1 heterocycles. The van der Waals surface area contributed by atoms with E-state index in [4.69, 9.17) is 4.42 Å². The Morgan fingerprint density at radius 2 is 2.10 bits per heavy atom. The van der Waals surface area contributed by atoms with Gasteiger partial charge in [-0.05, 0) is 43.0 Å². The van der Waals surface area contributed by atoms with E-state index in [1.807, 2.05) is 6.07 Å². The molecule has 0 radical (unpaired) electrons. The number of nitrogens with one attached hydrogen (secondary N) is 1. The van der Waals surface area contributed by atoms with Crippen LogP contribution < -0.4 is 5.32 Å². The summed E-state index contributed by atoms with van der Waals surface area (Å²) >= 11 is 0.